The number of hydrogen-bond donors (Lipinski definition) is 1. The van der Waals surface area contributed by atoms with Gasteiger partial charge in [0, 0.05) is 19.1 Å². The molecule has 0 bridgehead atoms. The Bertz CT molecular complexity index is 995. The van der Waals surface area contributed by atoms with E-state index in [-0.39, 0.29) is 17.7 Å². The lowest BCUT2D eigenvalue weighted by molar-refractivity contribution is -0.0696. The number of benzene rings is 3. The van der Waals surface area contributed by atoms with Crippen LogP contribution >= 0.6 is 0 Å². The molecule has 3 aromatic carbocycles. The highest BCUT2D eigenvalue weighted by Crippen LogP contribution is 2.37. The third-order valence-corrected chi connectivity index (χ3v) is 11.8. The highest BCUT2D eigenvalue weighted by atomic mass is 28.4. The first-order valence-electron chi connectivity index (χ1n) is 13.1. The van der Waals surface area contributed by atoms with Gasteiger partial charge >= 0.3 is 0 Å². The first kappa shape index (κ1) is 29.0. The van der Waals surface area contributed by atoms with E-state index in [0.29, 0.717) is 32.7 Å². The fraction of sp³-hybridized carbons (Fsp3) is 0.375. The van der Waals surface area contributed by atoms with Gasteiger partial charge < -0.3 is 19.0 Å². The van der Waals surface area contributed by atoms with Crippen LogP contribution in [0.15, 0.2) is 104 Å². The summed E-state index contributed by atoms with van der Waals surface area (Å²) in [7, 11) is -2.68. The van der Waals surface area contributed by atoms with Crippen molar-refractivity contribution in [3.8, 4) is 0 Å². The molecule has 1 N–H and O–H groups in total. The monoisotopic (exact) mass is 518 g/mol. The van der Waals surface area contributed by atoms with Crippen LogP contribution in [0.4, 0.5) is 0 Å². The highest BCUT2D eigenvalue weighted by Gasteiger charge is 2.50. The Labute approximate surface area is 224 Å². The van der Waals surface area contributed by atoms with Gasteiger partial charge in [-0.2, -0.15) is 0 Å². The molecule has 0 unspecified atom stereocenters. The molecule has 0 saturated carbocycles. The van der Waals surface area contributed by atoms with Crippen LogP contribution in [0, 0.1) is 5.92 Å². The molecular weight excluding hydrogens is 476 g/mol. The molecule has 2 atom stereocenters. The minimum Gasteiger partial charge on any atom is -0.407 e. The molecule has 0 amide bonds. The van der Waals surface area contributed by atoms with Gasteiger partial charge in [-0.15, -0.1) is 6.58 Å². The van der Waals surface area contributed by atoms with Crippen LogP contribution in [0.5, 0.6) is 0 Å². The Morgan fingerprint density at radius 3 is 1.89 bits per heavy atom. The second-order valence-corrected chi connectivity index (χ2v) is 14.8. The summed E-state index contributed by atoms with van der Waals surface area (Å²) in [6.07, 6.45) is 2.40. The topological polar surface area (TPSA) is 47.9 Å². The summed E-state index contributed by atoms with van der Waals surface area (Å²) >= 11 is 0. The minimum absolute atomic E-state index is 0.0891. The zero-order chi connectivity index (χ0) is 26.6. The van der Waals surface area contributed by atoms with Gasteiger partial charge in [-0.3, -0.25) is 0 Å². The van der Waals surface area contributed by atoms with E-state index in [1.807, 2.05) is 42.5 Å². The fourth-order valence-corrected chi connectivity index (χ4v) is 9.45. The lowest BCUT2D eigenvalue weighted by atomic mass is 9.97. The van der Waals surface area contributed by atoms with Gasteiger partial charge in [0.05, 0.1) is 12.7 Å². The third kappa shape index (κ3) is 7.97. The predicted molar refractivity (Wildman–Crippen MR) is 155 cm³/mol. The maximum atomic E-state index is 11.0. The lowest BCUT2D eigenvalue weighted by Crippen LogP contribution is -2.67. The van der Waals surface area contributed by atoms with Crippen LogP contribution in [0.1, 0.15) is 39.2 Å². The van der Waals surface area contributed by atoms with Crippen molar-refractivity contribution in [1.29, 1.82) is 0 Å². The van der Waals surface area contributed by atoms with Crippen molar-refractivity contribution in [2.45, 2.75) is 51.4 Å². The molecule has 3 aromatic rings. The van der Waals surface area contributed by atoms with E-state index in [2.05, 4.69) is 75.9 Å². The second-order valence-electron chi connectivity index (χ2n) is 10.5. The van der Waals surface area contributed by atoms with Crippen molar-refractivity contribution in [3.05, 3.63) is 109 Å². The van der Waals surface area contributed by atoms with E-state index in [1.165, 1.54) is 10.4 Å². The van der Waals surface area contributed by atoms with E-state index in [9.17, 15) is 5.11 Å². The second kappa shape index (κ2) is 14.4. The van der Waals surface area contributed by atoms with Crippen LogP contribution in [-0.4, -0.2) is 39.5 Å². The first-order valence-corrected chi connectivity index (χ1v) is 15.0. The largest absolute Gasteiger partial charge is 0.407 e. The Morgan fingerprint density at radius 1 is 0.838 bits per heavy atom. The molecule has 0 heterocycles. The minimum atomic E-state index is -2.68. The highest BCUT2D eigenvalue weighted by molar-refractivity contribution is 6.99. The molecule has 0 aliphatic heterocycles. The standard InChI is InChI=1S/C32H42O4Si/c1-5-15-31(33)28(22-23-34-26-35-24-27-16-9-6-10-17-27)25-36-37(32(2,3)4,29-18-11-7-12-19-29)30-20-13-8-14-21-30/h5-14,16-21,28,31,33H,1,15,22-26H2,2-4H3/t28-,31-/m1/s1. The zero-order valence-corrected chi connectivity index (χ0v) is 23.5. The van der Waals surface area contributed by atoms with Crippen molar-refractivity contribution in [3.63, 3.8) is 0 Å². The summed E-state index contributed by atoms with van der Waals surface area (Å²) in [5.41, 5.74) is 1.11. The molecule has 0 spiro atoms. The zero-order valence-electron chi connectivity index (χ0n) is 22.5. The van der Waals surface area contributed by atoms with E-state index >= 15 is 0 Å². The number of aliphatic hydroxyl groups is 1. The quantitative estimate of drug-likeness (QED) is 0.121. The Morgan fingerprint density at radius 2 is 1.38 bits per heavy atom. The van der Waals surface area contributed by atoms with E-state index in [0.717, 1.165) is 5.56 Å². The van der Waals surface area contributed by atoms with Crippen LogP contribution in [0.25, 0.3) is 0 Å². The molecule has 0 aromatic heterocycles. The summed E-state index contributed by atoms with van der Waals surface area (Å²) in [5, 5.41) is 13.3. The van der Waals surface area contributed by atoms with Gasteiger partial charge in [0.1, 0.15) is 6.79 Å². The molecule has 0 fully saturated rings. The average Bonchev–Trinajstić information content (AvgIpc) is 2.91. The summed E-state index contributed by atoms with van der Waals surface area (Å²) in [6, 6.07) is 31.2. The van der Waals surface area contributed by atoms with Crippen molar-refractivity contribution < 1.29 is 19.0 Å². The number of rotatable bonds is 15. The van der Waals surface area contributed by atoms with Gasteiger partial charge in [-0.1, -0.05) is 118 Å². The Balaban J connectivity index is 1.72. The van der Waals surface area contributed by atoms with Crippen LogP contribution < -0.4 is 10.4 Å². The molecule has 4 nitrogen and oxygen atoms in total. The molecule has 198 valence electrons. The lowest BCUT2D eigenvalue weighted by Gasteiger charge is -2.44. The molecule has 0 aliphatic carbocycles. The van der Waals surface area contributed by atoms with Gasteiger partial charge in [0.15, 0.2) is 0 Å². The molecule has 3 rings (SSSR count). The van der Waals surface area contributed by atoms with Gasteiger partial charge in [0.25, 0.3) is 8.32 Å². The summed E-state index contributed by atoms with van der Waals surface area (Å²) in [6.45, 7) is 12.3. The first-order chi connectivity index (χ1) is 17.9. The van der Waals surface area contributed by atoms with E-state index in [1.54, 1.807) is 6.08 Å². The molecule has 0 aliphatic rings. The van der Waals surface area contributed by atoms with Crippen molar-refractivity contribution in [1.82, 2.24) is 0 Å². The van der Waals surface area contributed by atoms with Crippen molar-refractivity contribution in [2.24, 2.45) is 5.92 Å². The van der Waals surface area contributed by atoms with Crippen molar-refractivity contribution in [2.75, 3.05) is 20.0 Å². The molecule has 37 heavy (non-hydrogen) atoms. The van der Waals surface area contributed by atoms with Crippen LogP contribution in [-0.2, 0) is 20.5 Å². The van der Waals surface area contributed by atoms with Crippen molar-refractivity contribution >= 4 is 18.7 Å². The number of hydrogen-bond acceptors (Lipinski definition) is 4. The molecule has 5 heteroatoms. The normalized spacial score (nSPS) is 13.7. The van der Waals surface area contributed by atoms with Crippen LogP contribution in [0.3, 0.4) is 0 Å². The Kier molecular flexibility index (Phi) is 11.3. The molecule has 0 saturated heterocycles. The number of ether oxygens (including phenoxy) is 2. The SMILES string of the molecule is C=CC[C@@H](O)[C@H](CCOCOCc1ccccc1)CO[Si](c1ccccc1)(c1ccccc1)C(C)(C)C. The smallest absolute Gasteiger partial charge is 0.261 e. The van der Waals surface area contributed by atoms with E-state index in [4.69, 9.17) is 13.9 Å². The number of aliphatic hydroxyl groups excluding tert-OH is 1. The molecular formula is C32H42O4Si. The Hall–Kier alpha value is -2.54. The maximum Gasteiger partial charge on any atom is 0.261 e. The van der Waals surface area contributed by atoms with Gasteiger partial charge in [0.2, 0.25) is 0 Å². The summed E-state index contributed by atoms with van der Waals surface area (Å²) in [4.78, 5) is 0. The predicted octanol–water partition coefficient (Wildman–Crippen LogP) is 5.70. The third-order valence-electron chi connectivity index (χ3n) is 6.79. The van der Waals surface area contributed by atoms with Gasteiger partial charge in [-0.05, 0) is 33.8 Å². The average molecular weight is 519 g/mol. The maximum absolute atomic E-state index is 11.0. The summed E-state index contributed by atoms with van der Waals surface area (Å²) in [5.74, 6) is -0.0891. The van der Waals surface area contributed by atoms with Crippen LogP contribution in [0.2, 0.25) is 5.04 Å². The van der Waals surface area contributed by atoms with E-state index < -0.39 is 14.4 Å². The van der Waals surface area contributed by atoms with Gasteiger partial charge in [-0.25, -0.2) is 0 Å². The summed E-state index contributed by atoms with van der Waals surface area (Å²) < 4.78 is 18.5. The fourth-order valence-electron chi connectivity index (χ4n) is 4.83. The molecule has 0 radical (unpaired) electrons.